The minimum Gasteiger partial charge on any atom is -0.480 e. The standard InChI is InChI=1S/C20H19F2NO5/c21-14-3-6-18(17(22)11-14)28-16-4-1-13(2-5-16)20(26)23(12-19(24)25)15-7-9-27-10-8-15/h1-6,11,15H,7-10,12H2,(H,24,25). The first-order valence-electron chi connectivity index (χ1n) is 8.77. The normalized spacial score (nSPS) is 14.5. The van der Waals surface area contributed by atoms with E-state index >= 15 is 0 Å². The Hall–Kier alpha value is -3.00. The van der Waals surface area contributed by atoms with E-state index in [0.717, 1.165) is 6.07 Å². The number of benzene rings is 2. The molecule has 1 fully saturated rings. The van der Waals surface area contributed by atoms with Crippen molar-refractivity contribution in [2.45, 2.75) is 18.9 Å². The molecule has 2 aromatic rings. The summed E-state index contributed by atoms with van der Waals surface area (Å²) < 4.78 is 37.3. The molecule has 0 unspecified atom stereocenters. The lowest BCUT2D eigenvalue weighted by molar-refractivity contribution is -0.138. The van der Waals surface area contributed by atoms with Crippen molar-refractivity contribution in [2.24, 2.45) is 0 Å². The molecular weight excluding hydrogens is 372 g/mol. The van der Waals surface area contributed by atoms with Crippen LogP contribution in [0.2, 0.25) is 0 Å². The molecule has 1 heterocycles. The molecule has 0 bridgehead atoms. The number of ether oxygens (including phenoxy) is 2. The molecule has 0 spiro atoms. The number of carbonyl (C=O) groups excluding carboxylic acids is 1. The number of carbonyl (C=O) groups is 2. The summed E-state index contributed by atoms with van der Waals surface area (Å²) in [6.07, 6.45) is 1.15. The second-order valence-electron chi connectivity index (χ2n) is 6.37. The summed E-state index contributed by atoms with van der Waals surface area (Å²) in [7, 11) is 0. The van der Waals surface area contributed by atoms with Crippen LogP contribution in [0.1, 0.15) is 23.2 Å². The van der Waals surface area contributed by atoms with Crippen LogP contribution < -0.4 is 4.74 Å². The van der Waals surface area contributed by atoms with Gasteiger partial charge in [0.2, 0.25) is 0 Å². The van der Waals surface area contributed by atoms with E-state index in [4.69, 9.17) is 14.6 Å². The molecule has 3 rings (SSSR count). The fourth-order valence-corrected chi connectivity index (χ4v) is 3.03. The number of aliphatic carboxylic acids is 1. The summed E-state index contributed by atoms with van der Waals surface area (Å²) in [5.74, 6) is -2.93. The molecule has 1 amide bonds. The fourth-order valence-electron chi connectivity index (χ4n) is 3.03. The number of rotatable bonds is 6. The van der Waals surface area contributed by atoms with Gasteiger partial charge >= 0.3 is 5.97 Å². The number of nitrogens with zero attached hydrogens (tertiary/aromatic N) is 1. The van der Waals surface area contributed by atoms with Gasteiger partial charge in [-0.25, -0.2) is 8.78 Å². The van der Waals surface area contributed by atoms with Crippen LogP contribution in [0, 0.1) is 11.6 Å². The van der Waals surface area contributed by atoms with Gasteiger partial charge in [-0.15, -0.1) is 0 Å². The Morgan fingerprint density at radius 2 is 1.79 bits per heavy atom. The van der Waals surface area contributed by atoms with Crippen molar-refractivity contribution < 1.29 is 33.0 Å². The van der Waals surface area contributed by atoms with Gasteiger partial charge in [0.15, 0.2) is 11.6 Å². The fraction of sp³-hybridized carbons (Fsp3) is 0.300. The third-order valence-electron chi connectivity index (χ3n) is 4.42. The predicted octanol–water partition coefficient (Wildman–Crippen LogP) is 3.46. The second kappa shape index (κ2) is 8.79. The van der Waals surface area contributed by atoms with Crippen molar-refractivity contribution in [1.29, 1.82) is 0 Å². The number of carboxylic acid groups (broad SMARTS) is 1. The van der Waals surface area contributed by atoms with Crippen molar-refractivity contribution in [3.63, 3.8) is 0 Å². The highest BCUT2D eigenvalue weighted by atomic mass is 19.1. The van der Waals surface area contributed by atoms with Gasteiger partial charge < -0.3 is 19.5 Å². The maximum atomic E-state index is 13.7. The molecule has 0 atom stereocenters. The summed E-state index contributed by atoms with van der Waals surface area (Å²) in [4.78, 5) is 25.3. The number of hydrogen-bond acceptors (Lipinski definition) is 4. The Balaban J connectivity index is 1.74. The van der Waals surface area contributed by atoms with Crippen molar-refractivity contribution in [3.05, 3.63) is 59.7 Å². The van der Waals surface area contributed by atoms with Crippen LogP contribution in [0.15, 0.2) is 42.5 Å². The quantitative estimate of drug-likeness (QED) is 0.816. The van der Waals surface area contributed by atoms with Gasteiger partial charge in [0, 0.05) is 30.9 Å². The molecule has 0 saturated carbocycles. The maximum Gasteiger partial charge on any atom is 0.323 e. The highest BCUT2D eigenvalue weighted by molar-refractivity contribution is 5.96. The molecule has 0 radical (unpaired) electrons. The van der Waals surface area contributed by atoms with Crippen LogP contribution >= 0.6 is 0 Å². The molecule has 1 N–H and O–H groups in total. The zero-order chi connectivity index (χ0) is 20.1. The highest BCUT2D eigenvalue weighted by Crippen LogP contribution is 2.26. The molecule has 1 saturated heterocycles. The Kier molecular flexibility index (Phi) is 6.20. The lowest BCUT2D eigenvalue weighted by Crippen LogP contribution is -2.46. The first-order chi connectivity index (χ1) is 13.4. The van der Waals surface area contributed by atoms with E-state index in [1.807, 2.05) is 0 Å². The van der Waals surface area contributed by atoms with E-state index in [1.54, 1.807) is 0 Å². The van der Waals surface area contributed by atoms with Crippen molar-refractivity contribution in [1.82, 2.24) is 4.90 Å². The molecular formula is C20H19F2NO5. The van der Waals surface area contributed by atoms with E-state index in [2.05, 4.69) is 0 Å². The van der Waals surface area contributed by atoms with Crippen LogP contribution in [-0.2, 0) is 9.53 Å². The minimum atomic E-state index is -1.09. The van der Waals surface area contributed by atoms with Gasteiger partial charge in [0.25, 0.3) is 5.91 Å². The number of hydrogen-bond donors (Lipinski definition) is 1. The Labute approximate surface area is 160 Å². The van der Waals surface area contributed by atoms with Crippen molar-refractivity contribution in [2.75, 3.05) is 19.8 Å². The SMILES string of the molecule is O=C(O)CN(C(=O)c1ccc(Oc2ccc(F)cc2F)cc1)C1CCOCC1. The van der Waals surface area contributed by atoms with E-state index in [0.29, 0.717) is 37.7 Å². The van der Waals surface area contributed by atoms with Crippen LogP contribution in [-0.4, -0.2) is 47.7 Å². The van der Waals surface area contributed by atoms with E-state index in [9.17, 15) is 18.4 Å². The van der Waals surface area contributed by atoms with Gasteiger partial charge in [0.05, 0.1) is 0 Å². The average molecular weight is 391 g/mol. The number of carboxylic acids is 1. The zero-order valence-corrected chi connectivity index (χ0v) is 14.9. The highest BCUT2D eigenvalue weighted by Gasteiger charge is 2.28. The molecule has 1 aliphatic rings. The molecule has 28 heavy (non-hydrogen) atoms. The average Bonchev–Trinajstić information content (AvgIpc) is 2.69. The summed E-state index contributed by atoms with van der Waals surface area (Å²) in [6, 6.07) is 8.66. The van der Waals surface area contributed by atoms with Gasteiger partial charge in [-0.05, 0) is 49.2 Å². The van der Waals surface area contributed by atoms with Crippen molar-refractivity contribution in [3.8, 4) is 11.5 Å². The molecule has 148 valence electrons. The molecule has 0 aromatic heterocycles. The van der Waals surface area contributed by atoms with Gasteiger partial charge in [-0.3, -0.25) is 9.59 Å². The third-order valence-corrected chi connectivity index (χ3v) is 4.42. The molecule has 2 aromatic carbocycles. The first kappa shape index (κ1) is 19.8. The van der Waals surface area contributed by atoms with Gasteiger partial charge in [0.1, 0.15) is 18.1 Å². The molecule has 8 heteroatoms. The third kappa shape index (κ3) is 4.83. The smallest absolute Gasteiger partial charge is 0.323 e. The Morgan fingerprint density at radius 3 is 2.39 bits per heavy atom. The second-order valence-corrected chi connectivity index (χ2v) is 6.37. The van der Waals surface area contributed by atoms with E-state index < -0.39 is 30.1 Å². The molecule has 0 aliphatic carbocycles. The van der Waals surface area contributed by atoms with Gasteiger partial charge in [-0.2, -0.15) is 0 Å². The summed E-state index contributed by atoms with van der Waals surface area (Å²) in [6.45, 7) is 0.552. The molecule has 6 nitrogen and oxygen atoms in total. The Bertz CT molecular complexity index is 850. The summed E-state index contributed by atoms with van der Waals surface area (Å²) in [5.41, 5.74) is 0.291. The molecule has 1 aliphatic heterocycles. The largest absolute Gasteiger partial charge is 0.480 e. The monoisotopic (exact) mass is 391 g/mol. The summed E-state index contributed by atoms with van der Waals surface area (Å²) >= 11 is 0. The topological polar surface area (TPSA) is 76.1 Å². The van der Waals surface area contributed by atoms with Crippen LogP contribution in [0.4, 0.5) is 8.78 Å². The number of halogens is 2. The van der Waals surface area contributed by atoms with E-state index in [-0.39, 0.29) is 17.5 Å². The number of amides is 1. The first-order valence-corrected chi connectivity index (χ1v) is 8.77. The Morgan fingerprint density at radius 1 is 1.11 bits per heavy atom. The predicted molar refractivity (Wildman–Crippen MR) is 95.4 cm³/mol. The van der Waals surface area contributed by atoms with Crippen LogP contribution in [0.3, 0.4) is 0 Å². The summed E-state index contributed by atoms with van der Waals surface area (Å²) in [5, 5.41) is 9.16. The van der Waals surface area contributed by atoms with Crippen molar-refractivity contribution >= 4 is 11.9 Å². The van der Waals surface area contributed by atoms with Crippen LogP contribution in [0.25, 0.3) is 0 Å². The lowest BCUT2D eigenvalue weighted by Gasteiger charge is -2.33. The minimum absolute atomic E-state index is 0.143. The maximum absolute atomic E-state index is 13.7. The zero-order valence-electron chi connectivity index (χ0n) is 14.9. The van der Waals surface area contributed by atoms with E-state index in [1.165, 1.54) is 35.2 Å². The van der Waals surface area contributed by atoms with Gasteiger partial charge in [-0.1, -0.05) is 0 Å². The lowest BCUT2D eigenvalue weighted by atomic mass is 10.1. The van der Waals surface area contributed by atoms with Crippen LogP contribution in [0.5, 0.6) is 11.5 Å².